The Balaban J connectivity index is 1.25. The number of aliphatic hydroxyl groups excluding tert-OH is 2. The van der Waals surface area contributed by atoms with Crippen molar-refractivity contribution >= 4 is 10.9 Å². The Morgan fingerprint density at radius 3 is 2.84 bits per heavy atom. The number of aromatic amines is 1. The summed E-state index contributed by atoms with van der Waals surface area (Å²) in [7, 11) is 1.61. The second kappa shape index (κ2) is 7.82. The van der Waals surface area contributed by atoms with E-state index in [2.05, 4.69) is 9.88 Å². The summed E-state index contributed by atoms with van der Waals surface area (Å²) >= 11 is 0. The van der Waals surface area contributed by atoms with Crippen LogP contribution in [0.2, 0.25) is 0 Å². The highest BCUT2D eigenvalue weighted by atomic mass is 19.1. The Hall–Kier alpha value is -2.61. The molecule has 0 radical (unpaired) electrons. The summed E-state index contributed by atoms with van der Waals surface area (Å²) in [6.07, 6.45) is 2.54. The van der Waals surface area contributed by atoms with Crippen molar-refractivity contribution in [1.29, 1.82) is 0 Å². The fourth-order valence-electron chi connectivity index (χ4n) is 4.93. The van der Waals surface area contributed by atoms with E-state index in [1.54, 1.807) is 19.4 Å². The maximum Gasteiger partial charge on any atom is 0.126 e. The standard InChI is InChI=1S/C24H27FN2O4/c1-30-16-3-5-23-18(11-16)21(28)12-24(31-23)6-8-27(9-7-24)14-22(29)19-13-26-20-4-2-15(25)10-17(19)20/h2-5,10-11,13,21-22,26,28-29H,6-9,12,14H2,1H3. The van der Waals surface area contributed by atoms with Crippen LogP contribution in [0.25, 0.3) is 10.9 Å². The zero-order chi connectivity index (χ0) is 21.6. The lowest BCUT2D eigenvalue weighted by atomic mass is 9.81. The second-order valence-corrected chi connectivity index (χ2v) is 8.66. The molecule has 164 valence electrons. The lowest BCUT2D eigenvalue weighted by Gasteiger charge is -2.46. The third-order valence-corrected chi connectivity index (χ3v) is 6.70. The van der Waals surface area contributed by atoms with E-state index in [1.165, 1.54) is 12.1 Å². The monoisotopic (exact) mass is 426 g/mol. The molecule has 0 aliphatic carbocycles. The first-order valence-corrected chi connectivity index (χ1v) is 10.7. The Morgan fingerprint density at radius 2 is 2.06 bits per heavy atom. The van der Waals surface area contributed by atoms with E-state index in [9.17, 15) is 14.6 Å². The number of nitrogens with zero attached hydrogens (tertiary/aromatic N) is 1. The Bertz CT molecular complexity index is 1090. The van der Waals surface area contributed by atoms with E-state index < -0.39 is 17.8 Å². The number of fused-ring (bicyclic) bond motifs is 2. The van der Waals surface area contributed by atoms with Crippen LogP contribution in [0.4, 0.5) is 4.39 Å². The lowest BCUT2D eigenvalue weighted by molar-refractivity contribution is -0.0588. The molecule has 2 atom stereocenters. The molecule has 6 nitrogen and oxygen atoms in total. The molecule has 3 aromatic rings. The Morgan fingerprint density at radius 1 is 1.26 bits per heavy atom. The van der Waals surface area contributed by atoms with Crippen molar-refractivity contribution in [1.82, 2.24) is 9.88 Å². The van der Waals surface area contributed by atoms with Gasteiger partial charge in [0.25, 0.3) is 0 Å². The predicted octanol–water partition coefficient (Wildman–Crippen LogP) is 3.70. The van der Waals surface area contributed by atoms with Gasteiger partial charge >= 0.3 is 0 Å². The van der Waals surface area contributed by atoms with E-state index in [0.29, 0.717) is 35.4 Å². The average molecular weight is 426 g/mol. The number of hydrogen-bond donors (Lipinski definition) is 3. The van der Waals surface area contributed by atoms with Gasteiger partial charge in [-0.2, -0.15) is 0 Å². The van der Waals surface area contributed by atoms with E-state index in [-0.39, 0.29) is 5.82 Å². The van der Waals surface area contributed by atoms with E-state index in [1.807, 2.05) is 18.2 Å². The number of aromatic nitrogens is 1. The Labute approximate surface area is 180 Å². The summed E-state index contributed by atoms with van der Waals surface area (Å²) in [5, 5.41) is 22.3. The van der Waals surface area contributed by atoms with Crippen LogP contribution in [0, 0.1) is 5.82 Å². The number of piperidine rings is 1. The third-order valence-electron chi connectivity index (χ3n) is 6.70. The first-order valence-electron chi connectivity index (χ1n) is 10.7. The SMILES string of the molecule is COc1ccc2c(c1)C(O)CC1(CCN(CC(O)c3c[nH]c4ccc(F)cc34)CC1)O2. The molecule has 1 fully saturated rings. The van der Waals surface area contributed by atoms with E-state index in [4.69, 9.17) is 9.47 Å². The van der Waals surface area contributed by atoms with Gasteiger partial charge < -0.3 is 29.6 Å². The number of methoxy groups -OCH3 is 1. The van der Waals surface area contributed by atoms with Gasteiger partial charge in [0, 0.05) is 54.3 Å². The van der Waals surface area contributed by atoms with Gasteiger partial charge in [-0.3, -0.25) is 0 Å². The van der Waals surface area contributed by atoms with Crippen molar-refractivity contribution in [2.45, 2.75) is 37.1 Å². The minimum atomic E-state index is -0.712. The van der Waals surface area contributed by atoms with Crippen molar-refractivity contribution in [3.63, 3.8) is 0 Å². The molecule has 3 N–H and O–H groups in total. The van der Waals surface area contributed by atoms with Gasteiger partial charge in [-0.25, -0.2) is 4.39 Å². The maximum atomic E-state index is 13.7. The van der Waals surface area contributed by atoms with Crippen molar-refractivity contribution in [2.24, 2.45) is 0 Å². The predicted molar refractivity (Wildman–Crippen MR) is 115 cm³/mol. The van der Waals surface area contributed by atoms with Crippen LogP contribution in [-0.2, 0) is 0 Å². The quantitative estimate of drug-likeness (QED) is 0.593. The van der Waals surface area contributed by atoms with Crippen LogP contribution >= 0.6 is 0 Å². The summed E-state index contributed by atoms with van der Waals surface area (Å²) < 4.78 is 25.3. The average Bonchev–Trinajstić information content (AvgIpc) is 3.18. The van der Waals surface area contributed by atoms with E-state index >= 15 is 0 Å². The molecule has 7 heteroatoms. The van der Waals surface area contributed by atoms with E-state index in [0.717, 1.165) is 37.0 Å². The largest absolute Gasteiger partial charge is 0.497 e. The topological polar surface area (TPSA) is 78.0 Å². The third kappa shape index (κ3) is 3.78. The minimum Gasteiger partial charge on any atom is -0.497 e. The molecule has 1 aromatic heterocycles. The lowest BCUT2D eigenvalue weighted by Crippen LogP contribution is -2.51. The number of likely N-dealkylation sites (tertiary alicyclic amines) is 1. The molecule has 31 heavy (non-hydrogen) atoms. The minimum absolute atomic E-state index is 0.314. The van der Waals surface area contributed by atoms with Crippen LogP contribution in [0.1, 0.15) is 42.6 Å². The molecule has 2 aliphatic heterocycles. The van der Waals surface area contributed by atoms with Crippen LogP contribution in [0.5, 0.6) is 11.5 Å². The number of nitrogens with one attached hydrogen (secondary N) is 1. The zero-order valence-electron chi connectivity index (χ0n) is 17.5. The molecule has 3 heterocycles. The molecule has 0 bridgehead atoms. The summed E-state index contributed by atoms with van der Waals surface area (Å²) in [4.78, 5) is 5.30. The molecule has 0 amide bonds. The summed E-state index contributed by atoms with van der Waals surface area (Å²) in [5.74, 6) is 1.11. The van der Waals surface area contributed by atoms with Gasteiger partial charge in [-0.05, 0) is 49.2 Å². The van der Waals surface area contributed by atoms with Crippen LogP contribution in [0.15, 0.2) is 42.6 Å². The van der Waals surface area contributed by atoms with Gasteiger partial charge in [0.1, 0.15) is 22.9 Å². The number of rotatable bonds is 4. The van der Waals surface area contributed by atoms with Crippen LogP contribution < -0.4 is 9.47 Å². The van der Waals surface area contributed by atoms with Crippen molar-refractivity contribution in [2.75, 3.05) is 26.7 Å². The maximum absolute atomic E-state index is 13.7. The van der Waals surface area contributed by atoms with Gasteiger partial charge in [0.2, 0.25) is 0 Å². The van der Waals surface area contributed by atoms with Crippen molar-refractivity contribution in [3.05, 3.63) is 59.5 Å². The van der Waals surface area contributed by atoms with Crippen molar-refractivity contribution in [3.8, 4) is 11.5 Å². The Kier molecular flexibility index (Phi) is 5.12. The molecule has 0 saturated carbocycles. The van der Waals surface area contributed by atoms with Crippen molar-refractivity contribution < 1.29 is 24.1 Å². The molecule has 2 aliphatic rings. The number of benzene rings is 2. The molecular weight excluding hydrogens is 399 g/mol. The van der Waals surface area contributed by atoms with Crippen LogP contribution in [0.3, 0.4) is 0 Å². The highest BCUT2D eigenvalue weighted by molar-refractivity contribution is 5.83. The first-order chi connectivity index (χ1) is 15.0. The fourth-order valence-corrected chi connectivity index (χ4v) is 4.93. The summed E-state index contributed by atoms with van der Waals surface area (Å²) in [5.41, 5.74) is 1.90. The van der Waals surface area contributed by atoms with Gasteiger partial charge in [-0.1, -0.05) is 0 Å². The first kappa shape index (κ1) is 20.3. The number of hydrogen-bond acceptors (Lipinski definition) is 5. The zero-order valence-corrected chi connectivity index (χ0v) is 17.5. The van der Waals surface area contributed by atoms with Gasteiger partial charge in [0.15, 0.2) is 0 Å². The molecule has 2 aromatic carbocycles. The number of β-amino-alcohol motifs (C(OH)–C–C–N with tert-alkyl or cyclic N) is 1. The number of aliphatic hydroxyl groups is 2. The number of ether oxygens (including phenoxy) is 2. The number of H-pyrrole nitrogens is 1. The smallest absolute Gasteiger partial charge is 0.126 e. The fraction of sp³-hybridized carbons (Fsp3) is 0.417. The summed E-state index contributed by atoms with van der Waals surface area (Å²) in [6, 6.07) is 10.1. The van der Waals surface area contributed by atoms with Gasteiger partial charge in [0.05, 0.1) is 19.3 Å². The highest BCUT2D eigenvalue weighted by Gasteiger charge is 2.43. The highest BCUT2D eigenvalue weighted by Crippen LogP contribution is 2.45. The number of halogens is 1. The summed E-state index contributed by atoms with van der Waals surface area (Å²) in [6.45, 7) is 1.98. The molecule has 5 rings (SSSR count). The normalized spacial score (nSPS) is 21.6. The molecule has 1 spiro atoms. The second-order valence-electron chi connectivity index (χ2n) is 8.66. The van der Waals surface area contributed by atoms with Gasteiger partial charge in [-0.15, -0.1) is 0 Å². The molecule has 2 unspecified atom stereocenters. The molecule has 1 saturated heterocycles. The van der Waals surface area contributed by atoms with Crippen LogP contribution in [-0.4, -0.2) is 52.4 Å². The molecular formula is C24H27FN2O4.